The maximum atomic E-state index is 4.55. The summed E-state index contributed by atoms with van der Waals surface area (Å²) in [5.74, 6) is 4.11. The fourth-order valence-electron chi connectivity index (χ4n) is 2.11. The summed E-state index contributed by atoms with van der Waals surface area (Å²) in [6, 6.07) is 2.02. The van der Waals surface area contributed by atoms with Crippen molar-refractivity contribution in [3.8, 4) is 0 Å². The normalized spacial score (nSPS) is 18.5. The third kappa shape index (κ3) is 4.56. The number of thioether (sulfide) groups is 1. The van der Waals surface area contributed by atoms with Crippen molar-refractivity contribution >= 4 is 23.4 Å². The van der Waals surface area contributed by atoms with Crippen molar-refractivity contribution in [1.29, 1.82) is 0 Å². The van der Waals surface area contributed by atoms with E-state index in [1.807, 2.05) is 6.07 Å². The second-order valence-electron chi connectivity index (χ2n) is 4.85. The predicted octanol–water partition coefficient (Wildman–Crippen LogP) is 3.17. The topological polar surface area (TPSA) is 49.8 Å². The number of hydrogen-bond donors (Lipinski definition) is 2. The highest BCUT2D eigenvalue weighted by Crippen LogP contribution is 2.26. The van der Waals surface area contributed by atoms with E-state index in [0.29, 0.717) is 0 Å². The van der Waals surface area contributed by atoms with Crippen molar-refractivity contribution in [3.63, 3.8) is 0 Å². The lowest BCUT2D eigenvalue weighted by atomic mass is 10.2. The largest absolute Gasteiger partial charge is 0.370 e. The lowest BCUT2D eigenvalue weighted by Crippen LogP contribution is -2.15. The molecule has 1 unspecified atom stereocenters. The maximum Gasteiger partial charge on any atom is 0.132 e. The SMILES string of the molecule is CCCNc1cc(NCC2CCCS2)nc(CC)n1. The maximum absolute atomic E-state index is 4.55. The van der Waals surface area contributed by atoms with Crippen LogP contribution in [0.3, 0.4) is 0 Å². The molecule has 4 nitrogen and oxygen atoms in total. The van der Waals surface area contributed by atoms with E-state index in [1.165, 1.54) is 18.6 Å². The van der Waals surface area contributed by atoms with Crippen LogP contribution in [0.5, 0.6) is 0 Å². The summed E-state index contributed by atoms with van der Waals surface area (Å²) >= 11 is 2.07. The van der Waals surface area contributed by atoms with Gasteiger partial charge in [0.05, 0.1) is 0 Å². The summed E-state index contributed by atoms with van der Waals surface area (Å²) < 4.78 is 0. The van der Waals surface area contributed by atoms with Gasteiger partial charge in [0, 0.05) is 30.8 Å². The van der Waals surface area contributed by atoms with Gasteiger partial charge in [-0.25, -0.2) is 9.97 Å². The van der Waals surface area contributed by atoms with Gasteiger partial charge in [-0.2, -0.15) is 11.8 Å². The molecule has 2 N–H and O–H groups in total. The number of rotatable bonds is 7. The Morgan fingerprint density at radius 2 is 2.05 bits per heavy atom. The first-order valence-electron chi connectivity index (χ1n) is 7.29. The van der Waals surface area contributed by atoms with Crippen molar-refractivity contribution in [1.82, 2.24) is 9.97 Å². The molecular weight excluding hydrogens is 256 g/mol. The van der Waals surface area contributed by atoms with Gasteiger partial charge in [-0.05, 0) is 25.0 Å². The van der Waals surface area contributed by atoms with Crippen LogP contribution in [0.15, 0.2) is 6.07 Å². The Kier molecular flexibility index (Phi) is 5.76. The number of anilines is 2. The molecule has 1 atom stereocenters. The standard InChI is InChI=1S/C14H24N4S/c1-3-7-15-13-9-14(18-12(4-2)17-13)16-10-11-6-5-8-19-11/h9,11H,3-8,10H2,1-2H3,(H2,15,16,17,18). The molecule has 19 heavy (non-hydrogen) atoms. The third-order valence-corrected chi connectivity index (χ3v) is 4.58. The molecule has 1 aromatic rings. The monoisotopic (exact) mass is 280 g/mol. The van der Waals surface area contributed by atoms with Gasteiger partial charge in [0.25, 0.3) is 0 Å². The smallest absolute Gasteiger partial charge is 0.132 e. The summed E-state index contributed by atoms with van der Waals surface area (Å²) in [5, 5.41) is 7.55. The Morgan fingerprint density at radius 3 is 2.68 bits per heavy atom. The van der Waals surface area contributed by atoms with Gasteiger partial charge in [-0.3, -0.25) is 0 Å². The Balaban J connectivity index is 1.96. The first-order valence-corrected chi connectivity index (χ1v) is 8.34. The zero-order valence-corrected chi connectivity index (χ0v) is 12.7. The molecule has 1 aliphatic heterocycles. The van der Waals surface area contributed by atoms with E-state index < -0.39 is 0 Å². The first kappa shape index (κ1) is 14.4. The van der Waals surface area contributed by atoms with E-state index in [-0.39, 0.29) is 0 Å². The summed E-state index contributed by atoms with van der Waals surface area (Å²) in [6.45, 7) is 6.22. The Hall–Kier alpha value is -0.970. The molecule has 0 amide bonds. The van der Waals surface area contributed by atoms with Crippen molar-refractivity contribution in [2.75, 3.05) is 29.5 Å². The molecule has 1 aromatic heterocycles. The highest BCUT2D eigenvalue weighted by atomic mass is 32.2. The van der Waals surface area contributed by atoms with Crippen LogP contribution in [0, 0.1) is 0 Å². The van der Waals surface area contributed by atoms with Crippen LogP contribution >= 0.6 is 11.8 Å². The molecular formula is C14H24N4S. The van der Waals surface area contributed by atoms with Crippen LogP contribution < -0.4 is 10.6 Å². The Labute approximate surface area is 120 Å². The van der Waals surface area contributed by atoms with Gasteiger partial charge in [0.2, 0.25) is 0 Å². The van der Waals surface area contributed by atoms with Gasteiger partial charge in [0.15, 0.2) is 0 Å². The molecule has 2 rings (SSSR count). The fourth-order valence-corrected chi connectivity index (χ4v) is 3.31. The summed E-state index contributed by atoms with van der Waals surface area (Å²) in [5.41, 5.74) is 0. The van der Waals surface area contributed by atoms with Gasteiger partial charge in [0.1, 0.15) is 17.5 Å². The second kappa shape index (κ2) is 7.58. The van der Waals surface area contributed by atoms with Crippen LogP contribution in [0.25, 0.3) is 0 Å². The van der Waals surface area contributed by atoms with E-state index in [1.54, 1.807) is 0 Å². The van der Waals surface area contributed by atoms with Crippen LogP contribution in [-0.4, -0.2) is 34.1 Å². The summed E-state index contributed by atoms with van der Waals surface area (Å²) in [4.78, 5) is 9.05. The van der Waals surface area contributed by atoms with Crippen molar-refractivity contribution in [2.45, 2.75) is 44.8 Å². The molecule has 0 bridgehead atoms. The van der Waals surface area contributed by atoms with Gasteiger partial charge in [-0.15, -0.1) is 0 Å². The average Bonchev–Trinajstić information content (AvgIpc) is 2.96. The summed E-state index contributed by atoms with van der Waals surface area (Å²) in [6.07, 6.45) is 4.65. The van der Waals surface area contributed by atoms with E-state index in [4.69, 9.17) is 0 Å². The molecule has 2 heterocycles. The number of aromatic nitrogens is 2. The van der Waals surface area contributed by atoms with Gasteiger partial charge in [-0.1, -0.05) is 13.8 Å². The average molecular weight is 280 g/mol. The molecule has 0 saturated carbocycles. The van der Waals surface area contributed by atoms with Gasteiger partial charge >= 0.3 is 0 Å². The molecule has 0 aliphatic carbocycles. The van der Waals surface area contributed by atoms with Crippen LogP contribution in [0.2, 0.25) is 0 Å². The zero-order valence-electron chi connectivity index (χ0n) is 11.9. The Morgan fingerprint density at radius 1 is 1.26 bits per heavy atom. The Bertz CT molecular complexity index is 391. The molecule has 1 fully saturated rings. The van der Waals surface area contributed by atoms with Crippen molar-refractivity contribution in [3.05, 3.63) is 11.9 Å². The molecule has 0 radical (unpaired) electrons. The number of nitrogens with one attached hydrogen (secondary N) is 2. The number of aryl methyl sites for hydroxylation is 1. The minimum absolute atomic E-state index is 0.743. The number of hydrogen-bond acceptors (Lipinski definition) is 5. The quantitative estimate of drug-likeness (QED) is 0.803. The van der Waals surface area contributed by atoms with Crippen molar-refractivity contribution < 1.29 is 0 Å². The van der Waals surface area contributed by atoms with E-state index in [9.17, 15) is 0 Å². The third-order valence-electron chi connectivity index (χ3n) is 3.18. The lowest BCUT2D eigenvalue weighted by Gasteiger charge is -2.13. The number of nitrogens with zero attached hydrogens (tertiary/aromatic N) is 2. The van der Waals surface area contributed by atoms with Crippen molar-refractivity contribution in [2.24, 2.45) is 0 Å². The molecule has 0 spiro atoms. The molecule has 1 aliphatic rings. The second-order valence-corrected chi connectivity index (χ2v) is 6.26. The van der Waals surface area contributed by atoms with E-state index >= 15 is 0 Å². The van der Waals surface area contributed by atoms with Crippen LogP contribution in [0.1, 0.15) is 38.9 Å². The summed E-state index contributed by atoms with van der Waals surface area (Å²) in [7, 11) is 0. The minimum Gasteiger partial charge on any atom is -0.370 e. The predicted molar refractivity (Wildman–Crippen MR) is 84.2 cm³/mol. The highest BCUT2D eigenvalue weighted by Gasteiger charge is 2.15. The van der Waals surface area contributed by atoms with E-state index in [0.717, 1.165) is 48.6 Å². The van der Waals surface area contributed by atoms with Gasteiger partial charge < -0.3 is 10.6 Å². The molecule has 1 saturated heterocycles. The zero-order chi connectivity index (χ0) is 13.5. The highest BCUT2D eigenvalue weighted by molar-refractivity contribution is 8.00. The molecule has 0 aromatic carbocycles. The first-order chi connectivity index (χ1) is 9.31. The fraction of sp³-hybridized carbons (Fsp3) is 0.714. The molecule has 106 valence electrons. The van der Waals surface area contributed by atoms with E-state index in [2.05, 4.69) is 46.2 Å². The van der Waals surface area contributed by atoms with Crippen LogP contribution in [-0.2, 0) is 6.42 Å². The lowest BCUT2D eigenvalue weighted by molar-refractivity contribution is 0.801. The molecule has 5 heteroatoms. The minimum atomic E-state index is 0.743. The van der Waals surface area contributed by atoms with Crippen LogP contribution in [0.4, 0.5) is 11.6 Å².